The van der Waals surface area contributed by atoms with Crippen molar-refractivity contribution in [1.29, 1.82) is 0 Å². The quantitative estimate of drug-likeness (QED) is 0.570. The zero-order chi connectivity index (χ0) is 10.6. The van der Waals surface area contributed by atoms with E-state index in [1.54, 1.807) is 0 Å². The number of hydrogen-bond acceptors (Lipinski definition) is 0. The third-order valence-corrected chi connectivity index (χ3v) is 5.50. The van der Waals surface area contributed by atoms with Crippen LogP contribution in [0.15, 0.2) is 0 Å². The van der Waals surface area contributed by atoms with Crippen molar-refractivity contribution in [2.75, 3.05) is 0 Å². The first-order valence-electron chi connectivity index (χ1n) is 6.33. The van der Waals surface area contributed by atoms with Crippen LogP contribution in [0.2, 0.25) is 0 Å². The predicted octanol–water partition coefficient (Wildman–Crippen LogP) is 4.64. The van der Waals surface area contributed by atoms with Crippen molar-refractivity contribution in [2.45, 2.75) is 66.7 Å². The van der Waals surface area contributed by atoms with E-state index in [0.717, 1.165) is 11.3 Å². The summed E-state index contributed by atoms with van der Waals surface area (Å²) in [5.74, 6) is 0.982. The van der Waals surface area contributed by atoms with Gasteiger partial charge in [-0.2, -0.15) is 0 Å². The van der Waals surface area contributed by atoms with Crippen molar-refractivity contribution >= 4 is 0 Å². The summed E-state index contributed by atoms with van der Waals surface area (Å²) in [5, 5.41) is 0. The van der Waals surface area contributed by atoms with Crippen molar-refractivity contribution in [3.63, 3.8) is 0 Å². The molecule has 2 rings (SSSR count). The Bertz CT molecular complexity index is 235. The normalized spacial score (nSPS) is 47.4. The van der Waals surface area contributed by atoms with Crippen LogP contribution in [0, 0.1) is 22.2 Å². The van der Waals surface area contributed by atoms with Gasteiger partial charge in [0, 0.05) is 0 Å². The first-order valence-corrected chi connectivity index (χ1v) is 6.33. The largest absolute Gasteiger partial charge is 0.0648 e. The molecule has 3 unspecified atom stereocenters. The zero-order valence-corrected chi connectivity index (χ0v) is 10.6. The van der Waals surface area contributed by atoms with Crippen LogP contribution in [0.3, 0.4) is 0 Å². The van der Waals surface area contributed by atoms with E-state index in [2.05, 4.69) is 34.6 Å². The molecule has 0 saturated heterocycles. The molecule has 82 valence electrons. The molecule has 0 bridgehead atoms. The van der Waals surface area contributed by atoms with E-state index >= 15 is 0 Å². The molecule has 2 aliphatic rings. The molecule has 0 aromatic rings. The van der Waals surface area contributed by atoms with Crippen LogP contribution in [0.25, 0.3) is 0 Å². The lowest BCUT2D eigenvalue weighted by atomic mass is 9.78. The van der Waals surface area contributed by atoms with Gasteiger partial charge < -0.3 is 0 Å². The van der Waals surface area contributed by atoms with E-state index in [0.29, 0.717) is 10.8 Å². The molecule has 0 radical (unpaired) electrons. The highest BCUT2D eigenvalue weighted by Gasteiger charge is 2.65. The van der Waals surface area contributed by atoms with Gasteiger partial charge in [0.25, 0.3) is 0 Å². The van der Waals surface area contributed by atoms with Crippen molar-refractivity contribution in [3.05, 3.63) is 0 Å². The van der Waals surface area contributed by atoms with Crippen molar-refractivity contribution in [2.24, 2.45) is 22.2 Å². The Balaban J connectivity index is 2.04. The summed E-state index contributed by atoms with van der Waals surface area (Å²) in [6.07, 6.45) is 7.42. The minimum atomic E-state index is 0.542. The second-order valence-electron chi connectivity index (χ2n) is 7.18. The van der Waals surface area contributed by atoms with Crippen LogP contribution >= 0.6 is 0 Å². The van der Waals surface area contributed by atoms with Gasteiger partial charge in [0.2, 0.25) is 0 Å². The minimum Gasteiger partial charge on any atom is -0.0648 e. The van der Waals surface area contributed by atoms with E-state index in [1.165, 1.54) is 32.1 Å². The third-order valence-electron chi connectivity index (χ3n) is 5.50. The zero-order valence-electron chi connectivity index (χ0n) is 10.6. The average molecular weight is 194 g/mol. The van der Waals surface area contributed by atoms with Crippen molar-refractivity contribution in [3.8, 4) is 0 Å². The van der Waals surface area contributed by atoms with Crippen molar-refractivity contribution in [1.82, 2.24) is 0 Å². The van der Waals surface area contributed by atoms with Gasteiger partial charge in [-0.15, -0.1) is 0 Å². The molecule has 2 fully saturated rings. The Morgan fingerprint density at radius 3 is 2.29 bits per heavy atom. The summed E-state index contributed by atoms with van der Waals surface area (Å²) < 4.78 is 0. The highest BCUT2D eigenvalue weighted by Crippen LogP contribution is 2.74. The molecule has 3 atom stereocenters. The molecule has 0 amide bonds. The molecule has 2 aliphatic carbocycles. The molecule has 0 heteroatoms. The Hall–Kier alpha value is 0. The molecule has 14 heavy (non-hydrogen) atoms. The van der Waals surface area contributed by atoms with Crippen LogP contribution in [-0.2, 0) is 0 Å². The minimum absolute atomic E-state index is 0.542. The Labute approximate surface area is 89.5 Å². The first-order chi connectivity index (χ1) is 6.33. The lowest BCUT2D eigenvalue weighted by Crippen LogP contribution is -2.18. The standard InChI is InChI=1S/C14H26/c1-6-13(5)10-14(13)8-7-11(9-14)12(2,3)4/h11H,6-10H2,1-5H3. The smallest absolute Gasteiger partial charge is 0.0235 e. The fourth-order valence-electron chi connectivity index (χ4n) is 3.78. The van der Waals surface area contributed by atoms with E-state index < -0.39 is 0 Å². The second-order valence-corrected chi connectivity index (χ2v) is 7.18. The van der Waals surface area contributed by atoms with Crippen LogP contribution < -0.4 is 0 Å². The van der Waals surface area contributed by atoms with Crippen LogP contribution in [0.4, 0.5) is 0 Å². The fourth-order valence-corrected chi connectivity index (χ4v) is 3.78. The third kappa shape index (κ3) is 1.33. The maximum absolute atomic E-state index is 2.51. The van der Waals surface area contributed by atoms with Gasteiger partial charge in [0.05, 0.1) is 0 Å². The summed E-state index contributed by atoms with van der Waals surface area (Å²) in [5.41, 5.74) is 2.04. The van der Waals surface area contributed by atoms with Crippen LogP contribution in [-0.4, -0.2) is 0 Å². The molecule has 0 heterocycles. The van der Waals surface area contributed by atoms with Gasteiger partial charge in [-0.3, -0.25) is 0 Å². The van der Waals surface area contributed by atoms with Crippen LogP contribution in [0.5, 0.6) is 0 Å². The first kappa shape index (κ1) is 10.5. The summed E-state index contributed by atoms with van der Waals surface area (Å²) in [6.45, 7) is 12.1. The molecule has 0 aromatic heterocycles. The molecular weight excluding hydrogens is 168 g/mol. The lowest BCUT2D eigenvalue weighted by Gasteiger charge is -2.27. The summed E-state index contributed by atoms with van der Waals surface area (Å²) in [4.78, 5) is 0. The van der Waals surface area contributed by atoms with Gasteiger partial charge in [-0.25, -0.2) is 0 Å². The highest BCUT2D eigenvalue weighted by atomic mass is 14.7. The Kier molecular flexibility index (Phi) is 2.08. The van der Waals surface area contributed by atoms with E-state index in [-0.39, 0.29) is 0 Å². The van der Waals surface area contributed by atoms with Gasteiger partial charge >= 0.3 is 0 Å². The highest BCUT2D eigenvalue weighted by molar-refractivity contribution is 5.15. The Morgan fingerprint density at radius 2 is 1.93 bits per heavy atom. The topological polar surface area (TPSA) is 0 Å². The van der Waals surface area contributed by atoms with Gasteiger partial charge in [0.15, 0.2) is 0 Å². The van der Waals surface area contributed by atoms with E-state index in [1.807, 2.05) is 0 Å². The SMILES string of the molecule is CCC1(C)CC12CCC(C(C)(C)C)C2. The van der Waals surface area contributed by atoms with E-state index in [9.17, 15) is 0 Å². The summed E-state index contributed by atoms with van der Waals surface area (Å²) in [6, 6.07) is 0. The van der Waals surface area contributed by atoms with Gasteiger partial charge in [0.1, 0.15) is 0 Å². The predicted molar refractivity (Wildman–Crippen MR) is 62.2 cm³/mol. The van der Waals surface area contributed by atoms with Gasteiger partial charge in [-0.05, 0) is 47.8 Å². The summed E-state index contributed by atoms with van der Waals surface area (Å²) >= 11 is 0. The molecule has 0 N–H and O–H groups in total. The Morgan fingerprint density at radius 1 is 1.29 bits per heavy atom. The molecular formula is C14H26. The average Bonchev–Trinajstić information content (AvgIpc) is 2.42. The monoisotopic (exact) mass is 194 g/mol. The molecule has 0 nitrogen and oxygen atoms in total. The van der Waals surface area contributed by atoms with Gasteiger partial charge in [-0.1, -0.05) is 41.0 Å². The van der Waals surface area contributed by atoms with Crippen molar-refractivity contribution < 1.29 is 0 Å². The molecule has 1 spiro atoms. The summed E-state index contributed by atoms with van der Waals surface area (Å²) in [7, 11) is 0. The fraction of sp³-hybridized carbons (Fsp3) is 1.00. The number of rotatable bonds is 1. The maximum atomic E-state index is 2.51. The van der Waals surface area contributed by atoms with E-state index in [4.69, 9.17) is 0 Å². The van der Waals surface area contributed by atoms with Crippen LogP contribution in [0.1, 0.15) is 66.7 Å². The maximum Gasteiger partial charge on any atom is -0.0235 e. The molecule has 0 aliphatic heterocycles. The lowest BCUT2D eigenvalue weighted by molar-refractivity contribution is 0.226. The number of hydrogen-bond donors (Lipinski definition) is 0. The second kappa shape index (κ2) is 2.77. The molecule has 2 saturated carbocycles. The molecule has 0 aromatic carbocycles.